The third kappa shape index (κ3) is 3.48. The molecule has 2 aromatic carbocycles. The van der Waals surface area contributed by atoms with Gasteiger partial charge in [-0.1, -0.05) is 49.6 Å². The summed E-state index contributed by atoms with van der Waals surface area (Å²) in [5.74, 6) is -5.47. The molecule has 8 nitrogen and oxygen atoms in total. The summed E-state index contributed by atoms with van der Waals surface area (Å²) in [6.45, 7) is 0. The Morgan fingerprint density at radius 3 is 2.38 bits per heavy atom. The minimum Gasteiger partial charge on any atom is -0.508 e. The van der Waals surface area contributed by atoms with Gasteiger partial charge < -0.3 is 9.84 Å². The largest absolute Gasteiger partial charge is 0.508 e. The Hall–Kier alpha value is -2.40. The number of methoxy groups -OCH3 is 1. The molecule has 4 amide bonds. The van der Waals surface area contributed by atoms with Crippen molar-refractivity contribution in [2.24, 2.45) is 17.8 Å². The highest BCUT2D eigenvalue weighted by atomic mass is 79.9. The van der Waals surface area contributed by atoms with E-state index in [0.717, 1.165) is 9.37 Å². The highest BCUT2D eigenvalue weighted by molar-refractivity contribution is 9.10. The third-order valence-electron chi connectivity index (χ3n) is 8.65. The number of imide groups is 2. The van der Waals surface area contributed by atoms with Crippen molar-refractivity contribution in [1.82, 2.24) is 4.90 Å². The number of carbonyl (C=O) groups is 4. The van der Waals surface area contributed by atoms with Gasteiger partial charge in [-0.05, 0) is 55.2 Å². The van der Waals surface area contributed by atoms with Crippen LogP contribution in [-0.2, 0) is 19.2 Å². The van der Waals surface area contributed by atoms with Crippen molar-refractivity contribution in [1.29, 1.82) is 0 Å². The van der Waals surface area contributed by atoms with Gasteiger partial charge in [0, 0.05) is 16.0 Å². The SMILES string of the molecule is COc1cccc(O)c1C1C2=CCC3C(=O)N(c4ccc(Br)cc4)C(=O)C3C2CC2(Cl)C(=O)N(CBr)C(=O)C12Cl. The van der Waals surface area contributed by atoms with Crippen molar-refractivity contribution >= 4 is 84.4 Å². The number of hydrogen-bond acceptors (Lipinski definition) is 6. The van der Waals surface area contributed by atoms with Gasteiger partial charge in [-0.25, -0.2) is 0 Å². The van der Waals surface area contributed by atoms with Gasteiger partial charge in [0.05, 0.1) is 30.1 Å². The van der Waals surface area contributed by atoms with Crippen LogP contribution in [0.1, 0.15) is 24.3 Å². The van der Waals surface area contributed by atoms with E-state index in [1.165, 1.54) is 18.1 Å². The van der Waals surface area contributed by atoms with E-state index in [0.29, 0.717) is 11.3 Å². The molecule has 4 aliphatic rings. The van der Waals surface area contributed by atoms with Crippen LogP contribution in [0, 0.1) is 17.8 Å². The Kier molecular flexibility index (Phi) is 6.64. The van der Waals surface area contributed by atoms with Crippen molar-refractivity contribution in [3.05, 3.63) is 64.1 Å². The van der Waals surface area contributed by atoms with Crippen molar-refractivity contribution in [3.63, 3.8) is 0 Å². The summed E-state index contributed by atoms with van der Waals surface area (Å²) in [5, 5.41) is 11.1. The number of hydrogen-bond donors (Lipinski definition) is 1. The van der Waals surface area contributed by atoms with Gasteiger partial charge in [-0.2, -0.15) is 0 Å². The Morgan fingerprint density at radius 1 is 1.02 bits per heavy atom. The van der Waals surface area contributed by atoms with Crippen LogP contribution in [-0.4, -0.2) is 55.9 Å². The Bertz CT molecular complexity index is 1520. The molecule has 1 saturated carbocycles. The minimum absolute atomic E-state index is 0.136. The van der Waals surface area contributed by atoms with Crippen molar-refractivity contribution < 1.29 is 29.0 Å². The second-order valence-electron chi connectivity index (χ2n) is 10.4. The first-order valence-corrected chi connectivity index (χ1v) is 15.2. The highest BCUT2D eigenvalue weighted by Gasteiger charge is 2.76. The fraction of sp³-hybridized carbons (Fsp3) is 0.357. The second-order valence-corrected chi connectivity index (χ2v) is 13.0. The average Bonchev–Trinajstić information content (AvgIpc) is 3.27. The molecule has 2 aliphatic heterocycles. The number of anilines is 1. The maximum absolute atomic E-state index is 14.0. The van der Waals surface area contributed by atoms with Gasteiger partial charge in [0.25, 0.3) is 11.8 Å². The Labute approximate surface area is 256 Å². The van der Waals surface area contributed by atoms with Crippen LogP contribution >= 0.6 is 55.1 Å². The smallest absolute Gasteiger partial charge is 0.254 e. The Balaban J connectivity index is 1.55. The lowest BCUT2D eigenvalue weighted by molar-refractivity contribution is -0.138. The standard InChI is InChI=1S/C28H22Br2Cl2N2O6/c1-40-19-4-2-3-18(35)21(19)22-15-9-10-16-20(24(37)34(23(16)36)14-7-5-13(30)6-8-14)17(15)11-27(31)25(38)33(12-29)26(39)28(22,27)32/h2-9,16-17,20,22,35H,10-12H2,1H3. The van der Waals surface area contributed by atoms with Crippen LogP contribution in [0.5, 0.6) is 11.5 Å². The molecule has 0 spiro atoms. The molecule has 2 aliphatic carbocycles. The highest BCUT2D eigenvalue weighted by Crippen LogP contribution is 2.67. The number of amides is 4. The molecule has 1 N–H and O–H groups in total. The summed E-state index contributed by atoms with van der Waals surface area (Å²) in [7, 11) is 1.42. The second kappa shape index (κ2) is 9.58. The number of phenolic OH excluding ortho intramolecular Hbond substituents is 1. The zero-order chi connectivity index (χ0) is 28.7. The molecule has 12 heteroatoms. The first-order chi connectivity index (χ1) is 19.0. The molecule has 2 saturated heterocycles. The first-order valence-electron chi connectivity index (χ1n) is 12.5. The van der Waals surface area contributed by atoms with Crippen LogP contribution in [0.4, 0.5) is 5.69 Å². The number of rotatable bonds is 4. The molecule has 0 radical (unpaired) electrons. The van der Waals surface area contributed by atoms with E-state index in [4.69, 9.17) is 27.9 Å². The quantitative estimate of drug-likeness (QED) is 0.205. The molecule has 0 bridgehead atoms. The van der Waals surface area contributed by atoms with E-state index in [1.807, 2.05) is 6.08 Å². The Morgan fingerprint density at radius 2 is 1.73 bits per heavy atom. The van der Waals surface area contributed by atoms with Crippen LogP contribution in [0.2, 0.25) is 0 Å². The topological polar surface area (TPSA) is 104 Å². The first kappa shape index (κ1) is 27.8. The lowest BCUT2D eigenvalue weighted by Crippen LogP contribution is -2.60. The molecular formula is C28H22Br2Cl2N2O6. The number of carbonyl (C=O) groups excluding carboxylic acids is 4. The summed E-state index contributed by atoms with van der Waals surface area (Å²) < 4.78 is 6.37. The molecule has 6 unspecified atom stereocenters. The third-order valence-corrected chi connectivity index (χ3v) is 11.1. The normalized spacial score (nSPS) is 33.1. The predicted octanol–water partition coefficient (Wildman–Crippen LogP) is 5.08. The molecular weight excluding hydrogens is 691 g/mol. The maximum Gasteiger partial charge on any atom is 0.254 e. The summed E-state index contributed by atoms with van der Waals surface area (Å²) in [6.07, 6.45) is 1.89. The van der Waals surface area contributed by atoms with Gasteiger partial charge >= 0.3 is 0 Å². The lowest BCUT2D eigenvalue weighted by atomic mass is 9.56. The number of benzene rings is 2. The number of nitrogens with zero attached hydrogens (tertiary/aromatic N) is 2. The summed E-state index contributed by atoms with van der Waals surface area (Å²) in [5.41, 5.74) is 1.07. The average molecular weight is 713 g/mol. The zero-order valence-corrected chi connectivity index (χ0v) is 25.6. The fourth-order valence-corrected chi connectivity index (χ4v) is 8.59. The molecule has 0 aromatic heterocycles. The van der Waals surface area contributed by atoms with Gasteiger partial charge in [-0.3, -0.25) is 29.0 Å². The van der Waals surface area contributed by atoms with Gasteiger partial charge in [-0.15, -0.1) is 23.2 Å². The summed E-state index contributed by atoms with van der Waals surface area (Å²) in [4.78, 5) is 53.4. The number of alkyl halides is 3. The number of aromatic hydroxyl groups is 1. The summed E-state index contributed by atoms with van der Waals surface area (Å²) >= 11 is 21.0. The van der Waals surface area contributed by atoms with E-state index in [2.05, 4.69) is 31.9 Å². The molecule has 40 heavy (non-hydrogen) atoms. The van der Waals surface area contributed by atoms with Crippen LogP contribution in [0.15, 0.2) is 58.6 Å². The number of likely N-dealkylation sites (tertiary alicyclic amines) is 1. The van der Waals surface area contributed by atoms with Crippen molar-refractivity contribution in [2.45, 2.75) is 28.5 Å². The number of fused-ring (bicyclic) bond motifs is 4. The molecule has 2 heterocycles. The number of allylic oxidation sites excluding steroid dienone is 2. The number of halogens is 4. The van der Waals surface area contributed by atoms with Crippen LogP contribution in [0.25, 0.3) is 0 Å². The van der Waals surface area contributed by atoms with Gasteiger partial charge in [0.1, 0.15) is 11.5 Å². The summed E-state index contributed by atoms with van der Waals surface area (Å²) in [6, 6.07) is 11.5. The molecule has 2 aromatic rings. The minimum atomic E-state index is -2.03. The molecule has 6 atom stereocenters. The van der Waals surface area contributed by atoms with Gasteiger partial charge in [0.2, 0.25) is 11.8 Å². The lowest BCUT2D eigenvalue weighted by Gasteiger charge is -2.50. The predicted molar refractivity (Wildman–Crippen MR) is 155 cm³/mol. The van der Waals surface area contributed by atoms with Crippen molar-refractivity contribution in [3.8, 4) is 11.5 Å². The van der Waals surface area contributed by atoms with Crippen molar-refractivity contribution in [2.75, 3.05) is 17.5 Å². The molecule has 3 fully saturated rings. The fourth-order valence-electron chi connectivity index (χ4n) is 6.92. The van der Waals surface area contributed by atoms with E-state index in [1.54, 1.807) is 36.4 Å². The zero-order valence-electron chi connectivity index (χ0n) is 20.9. The van der Waals surface area contributed by atoms with E-state index < -0.39 is 51.1 Å². The van der Waals surface area contributed by atoms with E-state index in [9.17, 15) is 24.3 Å². The monoisotopic (exact) mass is 710 g/mol. The molecule has 208 valence electrons. The maximum atomic E-state index is 14.0. The van der Waals surface area contributed by atoms with Crippen LogP contribution in [0.3, 0.4) is 0 Å². The van der Waals surface area contributed by atoms with Gasteiger partial charge in [0.15, 0.2) is 9.75 Å². The number of ether oxygens (including phenoxy) is 1. The van der Waals surface area contributed by atoms with E-state index >= 15 is 0 Å². The number of phenols is 1. The van der Waals surface area contributed by atoms with Crippen LogP contribution < -0.4 is 9.64 Å². The van der Waals surface area contributed by atoms with E-state index in [-0.39, 0.29) is 41.3 Å². The molecule has 6 rings (SSSR count).